The summed E-state index contributed by atoms with van der Waals surface area (Å²) in [6.07, 6.45) is 3.07. The standard InChI is InChI=1S/C26H29N5O3/c32-22-16-31(11-9-21(22)30-10-8-18-4-1-2-5-19(18)15-30)25-14-24(27-17-28-25)29-20-6-3-7-23-26(20)34-13-12-33-23/h1-7,14,17,21-22,32H,8-13,15-16H2,(H,27,28,29). The minimum Gasteiger partial charge on any atom is -0.486 e. The molecule has 1 fully saturated rings. The molecular formula is C26H29N5O3. The van der Waals surface area contributed by atoms with E-state index in [1.54, 1.807) is 6.33 Å². The van der Waals surface area contributed by atoms with Gasteiger partial charge >= 0.3 is 0 Å². The first-order chi connectivity index (χ1) is 16.7. The van der Waals surface area contributed by atoms with Crippen LogP contribution in [0.1, 0.15) is 17.5 Å². The Morgan fingerprint density at radius 3 is 2.76 bits per heavy atom. The number of aliphatic hydroxyl groups is 1. The third kappa shape index (κ3) is 4.15. The van der Waals surface area contributed by atoms with Gasteiger partial charge in [0, 0.05) is 38.3 Å². The third-order valence-corrected chi connectivity index (χ3v) is 6.98. The van der Waals surface area contributed by atoms with Crippen LogP contribution < -0.4 is 19.7 Å². The Morgan fingerprint density at radius 2 is 1.85 bits per heavy atom. The zero-order valence-electron chi connectivity index (χ0n) is 19.1. The number of nitrogens with zero attached hydrogens (tertiary/aromatic N) is 4. The van der Waals surface area contributed by atoms with Gasteiger partial charge in [0.1, 0.15) is 31.2 Å². The number of hydrogen-bond acceptors (Lipinski definition) is 8. The minimum absolute atomic E-state index is 0.164. The van der Waals surface area contributed by atoms with Crippen molar-refractivity contribution < 1.29 is 14.6 Å². The molecule has 0 saturated carbocycles. The summed E-state index contributed by atoms with van der Waals surface area (Å²) >= 11 is 0. The van der Waals surface area contributed by atoms with E-state index in [1.165, 1.54) is 11.1 Å². The van der Waals surface area contributed by atoms with Crippen molar-refractivity contribution in [2.75, 3.05) is 43.1 Å². The fourth-order valence-electron chi connectivity index (χ4n) is 5.25. The lowest BCUT2D eigenvalue weighted by molar-refractivity contribution is 0.0293. The molecule has 2 N–H and O–H groups in total. The number of hydrogen-bond donors (Lipinski definition) is 2. The van der Waals surface area contributed by atoms with Gasteiger partial charge in [-0.1, -0.05) is 30.3 Å². The molecule has 0 amide bonds. The molecule has 8 nitrogen and oxygen atoms in total. The van der Waals surface area contributed by atoms with E-state index in [0.717, 1.165) is 49.7 Å². The molecular weight excluding hydrogens is 430 g/mol. The average molecular weight is 460 g/mol. The Labute approximate surface area is 199 Å². The fraction of sp³-hybridized carbons (Fsp3) is 0.385. The molecule has 8 heteroatoms. The zero-order chi connectivity index (χ0) is 22.9. The van der Waals surface area contributed by atoms with Crippen molar-refractivity contribution in [1.82, 2.24) is 14.9 Å². The molecule has 0 radical (unpaired) electrons. The number of para-hydroxylation sites is 1. The summed E-state index contributed by atoms with van der Waals surface area (Å²) in [5.41, 5.74) is 3.63. The molecule has 2 atom stereocenters. The van der Waals surface area contributed by atoms with Gasteiger partial charge in [-0.25, -0.2) is 9.97 Å². The lowest BCUT2D eigenvalue weighted by Crippen LogP contribution is -2.55. The topological polar surface area (TPSA) is 83.0 Å². The van der Waals surface area contributed by atoms with Gasteiger partial charge in [0.15, 0.2) is 11.5 Å². The number of rotatable bonds is 4. The predicted octanol–water partition coefficient (Wildman–Crippen LogP) is 2.99. The second-order valence-electron chi connectivity index (χ2n) is 9.07. The highest BCUT2D eigenvalue weighted by Crippen LogP contribution is 2.38. The number of aromatic nitrogens is 2. The van der Waals surface area contributed by atoms with Crippen molar-refractivity contribution >= 4 is 17.3 Å². The molecule has 0 spiro atoms. The molecule has 4 heterocycles. The summed E-state index contributed by atoms with van der Waals surface area (Å²) in [5, 5.41) is 14.4. The SMILES string of the molecule is OC1CN(c2cc(Nc3cccc4c3OCCO4)ncn2)CCC1N1CCc2ccccc2C1. The van der Waals surface area contributed by atoms with Crippen LogP contribution in [0.5, 0.6) is 11.5 Å². The Bertz CT molecular complexity index is 1170. The van der Waals surface area contributed by atoms with Crippen LogP contribution in [0.4, 0.5) is 17.3 Å². The molecule has 2 unspecified atom stereocenters. The Hall–Kier alpha value is -3.36. The molecule has 1 aromatic heterocycles. The van der Waals surface area contributed by atoms with E-state index in [-0.39, 0.29) is 6.04 Å². The van der Waals surface area contributed by atoms with Crippen LogP contribution in [0.25, 0.3) is 0 Å². The van der Waals surface area contributed by atoms with E-state index < -0.39 is 6.10 Å². The van der Waals surface area contributed by atoms with Crippen LogP contribution in [0, 0.1) is 0 Å². The highest BCUT2D eigenvalue weighted by Gasteiger charge is 2.34. The maximum Gasteiger partial charge on any atom is 0.184 e. The molecule has 1 saturated heterocycles. The Kier molecular flexibility index (Phi) is 5.68. The summed E-state index contributed by atoms with van der Waals surface area (Å²) < 4.78 is 11.5. The van der Waals surface area contributed by atoms with Gasteiger partial charge in [0.05, 0.1) is 11.8 Å². The minimum atomic E-state index is -0.433. The summed E-state index contributed by atoms with van der Waals surface area (Å²) in [6.45, 7) is 4.37. The summed E-state index contributed by atoms with van der Waals surface area (Å²) in [4.78, 5) is 13.5. The maximum absolute atomic E-state index is 11.1. The van der Waals surface area contributed by atoms with E-state index in [1.807, 2.05) is 24.3 Å². The fourth-order valence-corrected chi connectivity index (χ4v) is 5.25. The Morgan fingerprint density at radius 1 is 0.971 bits per heavy atom. The van der Waals surface area contributed by atoms with Gasteiger partial charge in [-0.3, -0.25) is 4.90 Å². The monoisotopic (exact) mass is 459 g/mol. The summed E-state index contributed by atoms with van der Waals surface area (Å²) in [7, 11) is 0. The Balaban J connectivity index is 1.13. The largest absolute Gasteiger partial charge is 0.486 e. The van der Waals surface area contributed by atoms with Gasteiger partial charge in [-0.2, -0.15) is 0 Å². The molecule has 3 aromatic rings. The maximum atomic E-state index is 11.1. The van der Waals surface area contributed by atoms with E-state index in [0.29, 0.717) is 31.3 Å². The van der Waals surface area contributed by atoms with Gasteiger partial charge in [0.25, 0.3) is 0 Å². The number of piperidine rings is 1. The van der Waals surface area contributed by atoms with Gasteiger partial charge < -0.3 is 24.8 Å². The van der Waals surface area contributed by atoms with Crippen LogP contribution >= 0.6 is 0 Å². The second kappa shape index (κ2) is 9.12. The van der Waals surface area contributed by atoms with E-state index >= 15 is 0 Å². The van der Waals surface area contributed by atoms with Crippen LogP contribution in [0.15, 0.2) is 54.9 Å². The van der Waals surface area contributed by atoms with Crippen LogP contribution in [-0.2, 0) is 13.0 Å². The third-order valence-electron chi connectivity index (χ3n) is 6.98. The lowest BCUT2D eigenvalue weighted by atomic mass is 9.94. The van der Waals surface area contributed by atoms with Crippen molar-refractivity contribution in [3.05, 3.63) is 66.0 Å². The van der Waals surface area contributed by atoms with E-state index in [9.17, 15) is 5.11 Å². The van der Waals surface area contributed by atoms with Crippen LogP contribution in [-0.4, -0.2) is 65.0 Å². The first-order valence-corrected chi connectivity index (χ1v) is 12.0. The second-order valence-corrected chi connectivity index (χ2v) is 9.07. The van der Waals surface area contributed by atoms with Crippen molar-refractivity contribution in [1.29, 1.82) is 0 Å². The number of anilines is 3. The highest BCUT2D eigenvalue weighted by molar-refractivity contribution is 5.69. The van der Waals surface area contributed by atoms with Gasteiger partial charge in [-0.15, -0.1) is 0 Å². The predicted molar refractivity (Wildman–Crippen MR) is 130 cm³/mol. The number of aliphatic hydroxyl groups excluding tert-OH is 1. The average Bonchev–Trinajstić information content (AvgIpc) is 2.89. The lowest BCUT2D eigenvalue weighted by Gasteiger charge is -2.43. The molecule has 2 aromatic carbocycles. The molecule has 3 aliphatic rings. The number of β-amino-alcohol motifs (C(OH)–C–C–N with tert-alkyl or cyclic N) is 1. The summed E-state index contributed by atoms with van der Waals surface area (Å²) in [5.74, 6) is 2.92. The summed E-state index contributed by atoms with van der Waals surface area (Å²) in [6, 6.07) is 16.5. The first kappa shape index (κ1) is 21.2. The van der Waals surface area contributed by atoms with Crippen molar-refractivity contribution in [2.24, 2.45) is 0 Å². The van der Waals surface area contributed by atoms with E-state index in [2.05, 4.69) is 49.4 Å². The van der Waals surface area contributed by atoms with Crippen molar-refractivity contribution in [2.45, 2.75) is 31.5 Å². The highest BCUT2D eigenvalue weighted by atomic mass is 16.6. The number of fused-ring (bicyclic) bond motifs is 2. The van der Waals surface area contributed by atoms with Crippen molar-refractivity contribution in [3.63, 3.8) is 0 Å². The first-order valence-electron chi connectivity index (χ1n) is 12.0. The van der Waals surface area contributed by atoms with E-state index in [4.69, 9.17) is 9.47 Å². The quantitative estimate of drug-likeness (QED) is 0.616. The normalized spacial score (nSPS) is 22.2. The van der Waals surface area contributed by atoms with Crippen molar-refractivity contribution in [3.8, 4) is 11.5 Å². The molecule has 176 valence electrons. The zero-order valence-corrected chi connectivity index (χ0v) is 19.1. The number of nitrogens with one attached hydrogen (secondary N) is 1. The van der Waals surface area contributed by atoms with Gasteiger partial charge in [-0.05, 0) is 36.1 Å². The van der Waals surface area contributed by atoms with Gasteiger partial charge in [0.2, 0.25) is 0 Å². The molecule has 0 aliphatic carbocycles. The molecule has 34 heavy (non-hydrogen) atoms. The molecule has 3 aliphatic heterocycles. The smallest absolute Gasteiger partial charge is 0.184 e. The van der Waals surface area contributed by atoms with Crippen LogP contribution in [0.3, 0.4) is 0 Å². The molecule has 6 rings (SSSR count). The molecule has 0 bridgehead atoms. The van der Waals surface area contributed by atoms with Crippen LogP contribution in [0.2, 0.25) is 0 Å². The number of benzene rings is 2. The number of ether oxygens (including phenoxy) is 2.